The fourth-order valence-corrected chi connectivity index (χ4v) is 7.57. The highest BCUT2D eigenvalue weighted by Gasteiger charge is 2.35. The number of piperidine rings is 3. The number of benzene rings is 2. The molecular formula is C38H46N8O4. The van der Waals surface area contributed by atoms with Gasteiger partial charge in [0.15, 0.2) is 0 Å². The van der Waals surface area contributed by atoms with Crippen molar-refractivity contribution < 1.29 is 19.5 Å². The number of nitrogens with one attached hydrogen (secondary N) is 2. The van der Waals surface area contributed by atoms with Gasteiger partial charge in [-0.2, -0.15) is 4.98 Å². The highest BCUT2D eigenvalue weighted by molar-refractivity contribution is 6.00. The summed E-state index contributed by atoms with van der Waals surface area (Å²) in [6.07, 6.45) is 8.32. The molecule has 1 unspecified atom stereocenters. The van der Waals surface area contributed by atoms with Crippen molar-refractivity contribution in [2.75, 3.05) is 36.4 Å². The minimum Gasteiger partial charge on any atom is -0.385 e. The van der Waals surface area contributed by atoms with Gasteiger partial charge in [-0.15, -0.1) is 0 Å². The molecule has 3 aliphatic rings. The van der Waals surface area contributed by atoms with Gasteiger partial charge in [0, 0.05) is 82.2 Å². The van der Waals surface area contributed by atoms with Crippen LogP contribution in [-0.4, -0.2) is 85.9 Å². The molecule has 0 saturated carbocycles. The van der Waals surface area contributed by atoms with E-state index in [1.807, 2.05) is 55.2 Å². The Bertz CT molecular complexity index is 1860. The molecule has 12 nitrogen and oxygen atoms in total. The highest BCUT2D eigenvalue weighted by Crippen LogP contribution is 2.35. The van der Waals surface area contributed by atoms with Gasteiger partial charge in [-0.25, -0.2) is 4.98 Å². The van der Waals surface area contributed by atoms with Gasteiger partial charge in [0.05, 0.1) is 5.60 Å². The third-order valence-electron chi connectivity index (χ3n) is 10.8. The van der Waals surface area contributed by atoms with E-state index in [2.05, 4.69) is 49.7 Å². The number of carbonyl (C=O) groups excluding carboxylic acids is 3. The Hall–Kier alpha value is -4.81. The molecule has 3 N–H and O–H groups in total. The Balaban J connectivity index is 0.899. The number of hydrogen-bond donors (Lipinski definition) is 3. The number of rotatable bonds is 10. The molecule has 2 aromatic heterocycles. The topological polar surface area (TPSA) is 136 Å². The molecule has 3 amide bonds. The lowest BCUT2D eigenvalue weighted by atomic mass is 9.83. The molecule has 0 spiro atoms. The summed E-state index contributed by atoms with van der Waals surface area (Å²) in [6, 6.07) is 16.5. The number of amides is 3. The third-order valence-corrected chi connectivity index (χ3v) is 10.8. The van der Waals surface area contributed by atoms with E-state index < -0.39 is 17.6 Å². The third kappa shape index (κ3) is 7.22. The fourth-order valence-electron chi connectivity index (χ4n) is 7.57. The molecule has 7 rings (SSSR count). The maximum absolute atomic E-state index is 12.4. The Morgan fingerprint density at radius 3 is 2.52 bits per heavy atom. The lowest BCUT2D eigenvalue weighted by Gasteiger charge is -2.39. The minimum atomic E-state index is -0.968. The first-order chi connectivity index (χ1) is 24.2. The first-order valence-corrected chi connectivity index (χ1v) is 17.7. The highest BCUT2D eigenvalue weighted by atomic mass is 16.3. The Morgan fingerprint density at radius 1 is 1.04 bits per heavy atom. The average Bonchev–Trinajstić information content (AvgIpc) is 3.49. The van der Waals surface area contributed by atoms with E-state index in [4.69, 9.17) is 4.98 Å². The molecule has 3 saturated heterocycles. The summed E-state index contributed by atoms with van der Waals surface area (Å²) in [5.41, 5.74) is 5.16. The molecule has 0 bridgehead atoms. The number of aliphatic hydroxyl groups is 1. The van der Waals surface area contributed by atoms with Gasteiger partial charge in [-0.1, -0.05) is 30.3 Å². The molecule has 3 fully saturated rings. The van der Waals surface area contributed by atoms with Crippen LogP contribution < -0.4 is 15.5 Å². The first-order valence-electron chi connectivity index (χ1n) is 17.7. The van der Waals surface area contributed by atoms with Crippen molar-refractivity contribution in [3.8, 4) is 0 Å². The maximum atomic E-state index is 12.4. The second-order valence-electron chi connectivity index (χ2n) is 14.2. The van der Waals surface area contributed by atoms with Crippen LogP contribution in [0.15, 0.2) is 60.9 Å². The van der Waals surface area contributed by atoms with Crippen molar-refractivity contribution >= 4 is 40.9 Å². The van der Waals surface area contributed by atoms with Crippen molar-refractivity contribution in [2.45, 2.75) is 76.2 Å². The molecule has 1 atom stereocenters. The quantitative estimate of drug-likeness (QED) is 0.170. The zero-order valence-electron chi connectivity index (χ0n) is 28.8. The number of fused-ring (bicyclic) bond motifs is 1. The van der Waals surface area contributed by atoms with E-state index >= 15 is 0 Å². The lowest BCUT2D eigenvalue weighted by molar-refractivity contribution is -0.141. The van der Waals surface area contributed by atoms with E-state index in [0.29, 0.717) is 37.7 Å². The van der Waals surface area contributed by atoms with Crippen molar-refractivity contribution in [3.63, 3.8) is 0 Å². The summed E-state index contributed by atoms with van der Waals surface area (Å²) in [5.74, 6) is -0.0609. The molecule has 5 heterocycles. The van der Waals surface area contributed by atoms with Crippen molar-refractivity contribution in [1.29, 1.82) is 0 Å². The van der Waals surface area contributed by atoms with Crippen molar-refractivity contribution in [3.05, 3.63) is 83.2 Å². The van der Waals surface area contributed by atoms with Gasteiger partial charge in [-0.05, 0) is 79.5 Å². The van der Waals surface area contributed by atoms with E-state index in [1.54, 1.807) is 0 Å². The standard InChI is InChI=1S/C38H46N8O4/c1-26-3-6-30(21-29(26)24-46(25-47)33-9-10-34(48)41-36(33)49)38(50)14-19-44(20-15-38)23-27-4-7-32(8-5-27)45-17-12-31(13-18-45)40-37-39-22-28-11-16-43(2)35(28)42-37/h3-8,11,16,21-22,25,31,33,50H,9-10,12-15,17-20,23-24H2,1-2H3,(H,39,40,42)(H,41,48,49). The number of aromatic nitrogens is 3. The SMILES string of the molecule is Cc1ccc(C2(O)CCN(Cc3ccc(N4CCC(Nc5ncc6ccn(C)c6n5)CC4)cc3)CC2)cc1CN(C=O)C1CCC(=O)NC1=O. The van der Waals surface area contributed by atoms with Crippen molar-refractivity contribution in [2.24, 2.45) is 7.05 Å². The minimum absolute atomic E-state index is 0.210. The summed E-state index contributed by atoms with van der Waals surface area (Å²) in [6.45, 7) is 6.50. The Labute approximate surface area is 292 Å². The second-order valence-corrected chi connectivity index (χ2v) is 14.2. The van der Waals surface area contributed by atoms with Crippen LogP contribution in [0.1, 0.15) is 60.8 Å². The number of anilines is 2. The van der Waals surface area contributed by atoms with Crippen LogP contribution in [0, 0.1) is 6.92 Å². The van der Waals surface area contributed by atoms with Crippen LogP contribution in [-0.2, 0) is 40.1 Å². The van der Waals surface area contributed by atoms with E-state index in [1.165, 1.54) is 16.2 Å². The smallest absolute Gasteiger partial charge is 0.249 e. The summed E-state index contributed by atoms with van der Waals surface area (Å²) in [5, 5.41) is 18.7. The van der Waals surface area contributed by atoms with Crippen LogP contribution in [0.25, 0.3) is 11.0 Å². The van der Waals surface area contributed by atoms with Crippen LogP contribution in [0.5, 0.6) is 0 Å². The molecule has 2 aromatic carbocycles. The number of likely N-dealkylation sites (tertiary alicyclic amines) is 1. The molecule has 0 aliphatic carbocycles. The van der Waals surface area contributed by atoms with Crippen LogP contribution in [0.4, 0.5) is 11.6 Å². The lowest BCUT2D eigenvalue weighted by Crippen LogP contribution is -2.51. The summed E-state index contributed by atoms with van der Waals surface area (Å²) in [4.78, 5) is 51.5. The van der Waals surface area contributed by atoms with Gasteiger partial charge in [0.25, 0.3) is 0 Å². The number of hydrogen-bond acceptors (Lipinski definition) is 9. The van der Waals surface area contributed by atoms with Gasteiger partial charge in [0.1, 0.15) is 11.7 Å². The largest absolute Gasteiger partial charge is 0.385 e. The molecule has 50 heavy (non-hydrogen) atoms. The van der Waals surface area contributed by atoms with Crippen LogP contribution >= 0.6 is 0 Å². The Morgan fingerprint density at radius 2 is 1.80 bits per heavy atom. The number of imide groups is 1. The average molecular weight is 679 g/mol. The first kappa shape index (κ1) is 33.7. The van der Waals surface area contributed by atoms with Crippen LogP contribution in [0.2, 0.25) is 0 Å². The van der Waals surface area contributed by atoms with Gasteiger partial charge in [0.2, 0.25) is 24.2 Å². The summed E-state index contributed by atoms with van der Waals surface area (Å²) < 4.78 is 2.02. The zero-order chi connectivity index (χ0) is 34.8. The van der Waals surface area contributed by atoms with E-state index in [-0.39, 0.29) is 18.9 Å². The molecule has 3 aliphatic heterocycles. The predicted molar refractivity (Wildman–Crippen MR) is 191 cm³/mol. The summed E-state index contributed by atoms with van der Waals surface area (Å²) in [7, 11) is 2.00. The normalized spacial score (nSPS) is 20.1. The Kier molecular flexibility index (Phi) is 9.56. The van der Waals surface area contributed by atoms with Crippen LogP contribution in [0.3, 0.4) is 0 Å². The number of aryl methyl sites for hydroxylation is 2. The van der Waals surface area contributed by atoms with Crippen molar-refractivity contribution in [1.82, 2.24) is 29.7 Å². The fraction of sp³-hybridized carbons (Fsp3) is 0.447. The molecule has 262 valence electrons. The zero-order valence-corrected chi connectivity index (χ0v) is 28.8. The van der Waals surface area contributed by atoms with Gasteiger partial charge in [-0.3, -0.25) is 24.6 Å². The predicted octanol–water partition coefficient (Wildman–Crippen LogP) is 3.60. The van der Waals surface area contributed by atoms with E-state index in [9.17, 15) is 19.5 Å². The molecule has 0 radical (unpaired) electrons. The maximum Gasteiger partial charge on any atom is 0.249 e. The summed E-state index contributed by atoms with van der Waals surface area (Å²) >= 11 is 0. The number of nitrogens with zero attached hydrogens (tertiary/aromatic N) is 6. The van der Waals surface area contributed by atoms with E-state index in [0.717, 1.165) is 73.3 Å². The molecule has 4 aromatic rings. The van der Waals surface area contributed by atoms with Gasteiger partial charge < -0.3 is 24.8 Å². The second kappa shape index (κ2) is 14.2. The van der Waals surface area contributed by atoms with Gasteiger partial charge >= 0.3 is 0 Å². The number of carbonyl (C=O) groups is 3. The molecular weight excluding hydrogens is 632 g/mol. The monoisotopic (exact) mass is 678 g/mol. The molecule has 12 heteroatoms.